The zero-order valence-corrected chi connectivity index (χ0v) is 19.1. The lowest BCUT2D eigenvalue weighted by Crippen LogP contribution is -2.35. The summed E-state index contributed by atoms with van der Waals surface area (Å²) in [6, 6.07) is 11.2. The van der Waals surface area contributed by atoms with Crippen LogP contribution in [0.2, 0.25) is 0 Å². The third-order valence-electron chi connectivity index (χ3n) is 6.66. The molecule has 0 heterocycles. The summed E-state index contributed by atoms with van der Waals surface area (Å²) in [5.41, 5.74) is 2.58. The summed E-state index contributed by atoms with van der Waals surface area (Å²) in [4.78, 5) is 0. The molecule has 1 aliphatic carbocycles. The van der Waals surface area contributed by atoms with Gasteiger partial charge in [0.2, 0.25) is 5.82 Å². The number of hydrogen-bond acceptors (Lipinski definition) is 1. The van der Waals surface area contributed by atoms with Gasteiger partial charge in [0.05, 0.1) is 6.61 Å². The highest BCUT2D eigenvalue weighted by atomic mass is 19.3. The Balaban J connectivity index is 1.53. The summed E-state index contributed by atoms with van der Waals surface area (Å²) < 4.78 is 63.8. The minimum atomic E-state index is -2.87. The van der Waals surface area contributed by atoms with Gasteiger partial charge in [-0.3, -0.25) is 0 Å². The number of aryl methyl sites for hydroxylation is 2. The number of hydrogen-bond donors (Lipinski definition) is 0. The molecule has 1 aliphatic rings. The molecule has 1 saturated carbocycles. The van der Waals surface area contributed by atoms with Gasteiger partial charge in [0.15, 0.2) is 11.6 Å². The molecule has 0 radical (unpaired) electrons. The topological polar surface area (TPSA) is 9.23 Å². The molecule has 2 aromatic rings. The first kappa shape index (κ1) is 24.6. The van der Waals surface area contributed by atoms with Crippen LogP contribution < -0.4 is 4.74 Å². The second-order valence-electron chi connectivity index (χ2n) is 8.98. The van der Waals surface area contributed by atoms with Crippen LogP contribution >= 0.6 is 0 Å². The molecule has 0 aliphatic heterocycles. The molecule has 0 bridgehead atoms. The predicted octanol–water partition coefficient (Wildman–Crippen LogP) is 8.25. The van der Waals surface area contributed by atoms with E-state index in [2.05, 4.69) is 31.2 Å². The second-order valence-corrected chi connectivity index (χ2v) is 8.98. The first-order chi connectivity index (χ1) is 15.4. The summed E-state index contributed by atoms with van der Waals surface area (Å²) in [5, 5.41) is 0. The average Bonchev–Trinajstić information content (AvgIpc) is 2.78. The molecule has 0 amide bonds. The van der Waals surface area contributed by atoms with Crippen molar-refractivity contribution in [3.05, 3.63) is 64.7 Å². The Morgan fingerprint density at radius 1 is 0.906 bits per heavy atom. The van der Waals surface area contributed by atoms with Crippen LogP contribution in [-0.4, -0.2) is 12.5 Å². The van der Waals surface area contributed by atoms with Gasteiger partial charge < -0.3 is 4.74 Å². The van der Waals surface area contributed by atoms with Crippen molar-refractivity contribution >= 4 is 0 Å². The highest BCUT2D eigenvalue weighted by Crippen LogP contribution is 2.48. The van der Waals surface area contributed by atoms with E-state index in [1.165, 1.54) is 23.3 Å². The Hall–Kier alpha value is -2.04. The summed E-state index contributed by atoms with van der Waals surface area (Å²) in [6.45, 7) is 4.27. The summed E-state index contributed by atoms with van der Waals surface area (Å²) >= 11 is 0. The monoisotopic (exact) mass is 450 g/mol. The molecule has 0 N–H and O–H groups in total. The van der Waals surface area contributed by atoms with Crippen LogP contribution in [0.15, 0.2) is 36.4 Å². The van der Waals surface area contributed by atoms with Crippen molar-refractivity contribution in [2.45, 2.75) is 83.5 Å². The molecule has 32 heavy (non-hydrogen) atoms. The van der Waals surface area contributed by atoms with Crippen molar-refractivity contribution in [1.82, 2.24) is 0 Å². The van der Waals surface area contributed by atoms with Gasteiger partial charge in [0.25, 0.3) is 5.92 Å². The average molecular weight is 451 g/mol. The molecule has 2 aromatic carbocycles. The third kappa shape index (κ3) is 6.05. The SMILES string of the molecule is CCCOc1ccc(C2CCC(CCCCc3ccc(CC)cc3)C(F)(F)C2)c(F)c1F. The van der Waals surface area contributed by atoms with Crippen molar-refractivity contribution in [2.75, 3.05) is 6.61 Å². The summed E-state index contributed by atoms with van der Waals surface area (Å²) in [6.07, 6.45) is 5.00. The number of ether oxygens (including phenoxy) is 1. The lowest BCUT2D eigenvalue weighted by Gasteiger charge is -2.36. The van der Waals surface area contributed by atoms with E-state index in [0.717, 1.165) is 25.7 Å². The highest BCUT2D eigenvalue weighted by molar-refractivity contribution is 5.33. The van der Waals surface area contributed by atoms with E-state index in [9.17, 15) is 17.6 Å². The molecule has 0 spiro atoms. The maximum atomic E-state index is 14.9. The van der Waals surface area contributed by atoms with E-state index < -0.39 is 35.8 Å². The fraction of sp³-hybridized carbons (Fsp3) is 0.556. The van der Waals surface area contributed by atoms with Gasteiger partial charge in [-0.2, -0.15) is 4.39 Å². The van der Waals surface area contributed by atoms with Crippen LogP contribution in [0.3, 0.4) is 0 Å². The molecule has 3 rings (SSSR count). The number of unbranched alkanes of at least 4 members (excludes halogenated alkanes) is 1. The molecule has 5 heteroatoms. The van der Waals surface area contributed by atoms with Gasteiger partial charge in [0, 0.05) is 12.3 Å². The summed E-state index contributed by atoms with van der Waals surface area (Å²) in [5.74, 6) is -6.51. The first-order valence-corrected chi connectivity index (χ1v) is 11.9. The quantitative estimate of drug-likeness (QED) is 0.262. The number of rotatable bonds is 10. The van der Waals surface area contributed by atoms with Crippen LogP contribution in [0, 0.1) is 17.6 Å². The fourth-order valence-electron chi connectivity index (χ4n) is 4.68. The molecule has 0 aromatic heterocycles. The fourth-order valence-corrected chi connectivity index (χ4v) is 4.68. The molecular formula is C27H34F4O. The van der Waals surface area contributed by atoms with Gasteiger partial charge in [-0.15, -0.1) is 0 Å². The largest absolute Gasteiger partial charge is 0.490 e. The Bertz CT molecular complexity index is 863. The summed E-state index contributed by atoms with van der Waals surface area (Å²) in [7, 11) is 0. The minimum absolute atomic E-state index is 0.0417. The van der Waals surface area contributed by atoms with Gasteiger partial charge in [-0.05, 0) is 73.6 Å². The first-order valence-electron chi connectivity index (χ1n) is 11.9. The number of alkyl halides is 2. The van der Waals surface area contributed by atoms with Crippen molar-refractivity contribution in [3.63, 3.8) is 0 Å². The van der Waals surface area contributed by atoms with Crippen molar-refractivity contribution in [2.24, 2.45) is 5.92 Å². The van der Waals surface area contributed by atoms with Gasteiger partial charge in [-0.1, -0.05) is 50.6 Å². The Morgan fingerprint density at radius 3 is 2.28 bits per heavy atom. The van der Waals surface area contributed by atoms with Crippen LogP contribution in [-0.2, 0) is 12.8 Å². The van der Waals surface area contributed by atoms with Crippen LogP contribution in [0.1, 0.15) is 81.4 Å². The van der Waals surface area contributed by atoms with E-state index in [1.807, 2.05) is 6.92 Å². The van der Waals surface area contributed by atoms with E-state index in [1.54, 1.807) is 0 Å². The minimum Gasteiger partial charge on any atom is -0.490 e. The van der Waals surface area contributed by atoms with E-state index in [4.69, 9.17) is 4.74 Å². The maximum Gasteiger partial charge on any atom is 0.251 e. The Kier molecular flexibility index (Phi) is 8.61. The van der Waals surface area contributed by atoms with Gasteiger partial charge in [0.1, 0.15) is 0 Å². The lowest BCUT2D eigenvalue weighted by molar-refractivity contribution is -0.0952. The van der Waals surface area contributed by atoms with E-state index in [-0.39, 0.29) is 17.9 Å². The zero-order chi connectivity index (χ0) is 23.1. The smallest absolute Gasteiger partial charge is 0.251 e. The molecule has 0 saturated heterocycles. The van der Waals surface area contributed by atoms with Crippen molar-refractivity contribution in [1.29, 1.82) is 0 Å². The standard InChI is InChI=1S/C27H34F4O/c1-3-17-32-24-16-15-23(25(28)26(24)29)21-13-14-22(27(30,31)18-21)8-6-5-7-20-11-9-19(4-2)10-12-20/h9-12,15-16,21-22H,3-8,13-14,17-18H2,1-2H3. The highest BCUT2D eigenvalue weighted by Gasteiger charge is 2.45. The predicted molar refractivity (Wildman–Crippen MR) is 121 cm³/mol. The second kappa shape index (κ2) is 11.2. The lowest BCUT2D eigenvalue weighted by atomic mass is 9.74. The zero-order valence-electron chi connectivity index (χ0n) is 19.1. The third-order valence-corrected chi connectivity index (χ3v) is 6.66. The molecule has 2 atom stereocenters. The van der Waals surface area contributed by atoms with Crippen molar-refractivity contribution < 1.29 is 22.3 Å². The maximum absolute atomic E-state index is 14.9. The Morgan fingerprint density at radius 2 is 1.62 bits per heavy atom. The van der Waals surface area contributed by atoms with E-state index >= 15 is 0 Å². The van der Waals surface area contributed by atoms with Gasteiger partial charge in [-0.25, -0.2) is 13.2 Å². The van der Waals surface area contributed by atoms with Crippen LogP contribution in [0.5, 0.6) is 5.75 Å². The Labute approximate surface area is 189 Å². The van der Waals surface area contributed by atoms with Crippen LogP contribution in [0.4, 0.5) is 17.6 Å². The van der Waals surface area contributed by atoms with E-state index in [0.29, 0.717) is 25.7 Å². The molecule has 1 fully saturated rings. The molecular weight excluding hydrogens is 416 g/mol. The van der Waals surface area contributed by atoms with Crippen molar-refractivity contribution in [3.8, 4) is 5.75 Å². The number of benzene rings is 2. The van der Waals surface area contributed by atoms with Gasteiger partial charge >= 0.3 is 0 Å². The number of halogens is 4. The van der Waals surface area contributed by atoms with Crippen LogP contribution in [0.25, 0.3) is 0 Å². The molecule has 1 nitrogen and oxygen atoms in total. The molecule has 2 unspecified atom stereocenters. The normalized spacial score (nSPS) is 20.3. The molecule has 176 valence electrons.